The van der Waals surface area contributed by atoms with Gasteiger partial charge in [-0.1, -0.05) is 6.07 Å². The van der Waals surface area contributed by atoms with Gasteiger partial charge in [0.25, 0.3) is 0 Å². The summed E-state index contributed by atoms with van der Waals surface area (Å²) in [4.78, 5) is 12.7. The van der Waals surface area contributed by atoms with Crippen LogP contribution in [0.1, 0.15) is 0 Å². The van der Waals surface area contributed by atoms with Gasteiger partial charge >= 0.3 is 0 Å². The lowest BCUT2D eigenvalue weighted by atomic mass is 10.3. The second-order valence-corrected chi connectivity index (χ2v) is 6.40. The molecule has 7 nitrogen and oxygen atoms in total. The van der Waals surface area contributed by atoms with Gasteiger partial charge in [-0.05, 0) is 36.4 Å². The third kappa shape index (κ3) is 3.47. The number of hydrogen-bond acceptors (Lipinski definition) is 6. The molecule has 112 valence electrons. The SMILES string of the molecule is CS(=O)(=O)Nc1ccc2ccc(Nc3ccccn3)nc2n1. The molecule has 3 rings (SSSR count). The topological polar surface area (TPSA) is 96.9 Å². The van der Waals surface area contributed by atoms with Gasteiger partial charge in [-0.15, -0.1) is 0 Å². The van der Waals surface area contributed by atoms with Crippen molar-refractivity contribution in [3.8, 4) is 0 Å². The Morgan fingerprint density at radius 1 is 0.909 bits per heavy atom. The van der Waals surface area contributed by atoms with E-state index >= 15 is 0 Å². The Morgan fingerprint density at radius 2 is 1.64 bits per heavy atom. The quantitative estimate of drug-likeness (QED) is 0.765. The first-order valence-electron chi connectivity index (χ1n) is 6.43. The number of nitrogens with zero attached hydrogens (tertiary/aromatic N) is 3. The van der Waals surface area contributed by atoms with Crippen molar-refractivity contribution in [3.63, 3.8) is 0 Å². The van der Waals surface area contributed by atoms with Gasteiger partial charge in [0.05, 0.1) is 6.26 Å². The average Bonchev–Trinajstić information content (AvgIpc) is 2.46. The van der Waals surface area contributed by atoms with Crippen LogP contribution in [-0.2, 0) is 10.0 Å². The largest absolute Gasteiger partial charge is 0.325 e. The lowest BCUT2D eigenvalue weighted by Gasteiger charge is -2.07. The second kappa shape index (κ2) is 5.57. The van der Waals surface area contributed by atoms with Crippen molar-refractivity contribution in [2.45, 2.75) is 0 Å². The minimum absolute atomic E-state index is 0.234. The predicted molar refractivity (Wildman–Crippen MR) is 85.5 cm³/mol. The molecule has 8 heteroatoms. The highest BCUT2D eigenvalue weighted by atomic mass is 32.2. The van der Waals surface area contributed by atoms with Gasteiger partial charge in [-0.3, -0.25) is 4.72 Å². The third-order valence-corrected chi connectivity index (χ3v) is 3.34. The van der Waals surface area contributed by atoms with Crippen LogP contribution in [0.3, 0.4) is 0 Å². The maximum Gasteiger partial charge on any atom is 0.230 e. The summed E-state index contributed by atoms with van der Waals surface area (Å²) in [6.07, 6.45) is 2.75. The van der Waals surface area contributed by atoms with Crippen molar-refractivity contribution >= 4 is 38.5 Å². The van der Waals surface area contributed by atoms with Crippen molar-refractivity contribution in [2.75, 3.05) is 16.3 Å². The minimum Gasteiger partial charge on any atom is -0.325 e. The number of rotatable bonds is 4. The maximum absolute atomic E-state index is 11.3. The van der Waals surface area contributed by atoms with E-state index < -0.39 is 10.0 Å². The number of hydrogen-bond donors (Lipinski definition) is 2. The fourth-order valence-corrected chi connectivity index (χ4v) is 2.38. The van der Waals surface area contributed by atoms with Crippen molar-refractivity contribution in [2.24, 2.45) is 0 Å². The highest BCUT2D eigenvalue weighted by Gasteiger charge is 2.06. The standard InChI is InChI=1S/C14H13N5O2S/c1-22(20,21)19-13-8-6-10-5-7-12(17-14(10)18-13)16-11-4-2-3-9-15-11/h2-9H,1H3,(H2,15,16,17,18,19). The molecule has 0 radical (unpaired) electrons. The van der Waals surface area contributed by atoms with Gasteiger partial charge in [-0.2, -0.15) is 0 Å². The molecule has 0 aliphatic rings. The zero-order valence-corrected chi connectivity index (χ0v) is 12.5. The first-order valence-corrected chi connectivity index (χ1v) is 8.32. The van der Waals surface area contributed by atoms with Gasteiger partial charge in [0.15, 0.2) is 5.65 Å². The van der Waals surface area contributed by atoms with Gasteiger partial charge in [-0.25, -0.2) is 23.4 Å². The van der Waals surface area contributed by atoms with E-state index in [0.717, 1.165) is 11.6 Å². The zero-order chi connectivity index (χ0) is 15.6. The van der Waals surface area contributed by atoms with Crippen molar-refractivity contribution < 1.29 is 8.42 Å². The molecule has 0 spiro atoms. The monoisotopic (exact) mass is 315 g/mol. The fraction of sp³-hybridized carbons (Fsp3) is 0.0714. The first-order chi connectivity index (χ1) is 10.5. The molecule has 0 saturated carbocycles. The molecule has 0 amide bonds. The molecule has 0 aliphatic carbocycles. The van der Waals surface area contributed by atoms with Crippen LogP contribution in [0, 0.1) is 0 Å². The molecule has 0 atom stereocenters. The molecule has 2 N–H and O–H groups in total. The van der Waals surface area contributed by atoms with E-state index in [1.54, 1.807) is 18.3 Å². The Morgan fingerprint density at radius 3 is 2.32 bits per heavy atom. The van der Waals surface area contributed by atoms with E-state index in [9.17, 15) is 8.42 Å². The van der Waals surface area contributed by atoms with Gasteiger partial charge in [0.1, 0.15) is 17.5 Å². The van der Waals surface area contributed by atoms with E-state index in [2.05, 4.69) is 25.0 Å². The summed E-state index contributed by atoms with van der Waals surface area (Å²) < 4.78 is 24.8. The molecule has 0 fully saturated rings. The number of fused-ring (bicyclic) bond motifs is 1. The lowest BCUT2D eigenvalue weighted by Crippen LogP contribution is -2.10. The van der Waals surface area contributed by atoms with Crippen molar-refractivity contribution in [1.29, 1.82) is 0 Å². The summed E-state index contributed by atoms with van der Waals surface area (Å²) in [6.45, 7) is 0. The summed E-state index contributed by atoms with van der Waals surface area (Å²) in [5.74, 6) is 1.48. The van der Waals surface area contributed by atoms with Crippen LogP contribution in [0.15, 0.2) is 48.7 Å². The molecule has 3 aromatic heterocycles. The summed E-state index contributed by atoms with van der Waals surface area (Å²) in [7, 11) is -3.37. The molecule has 22 heavy (non-hydrogen) atoms. The minimum atomic E-state index is -3.37. The van der Waals surface area contributed by atoms with Crippen LogP contribution < -0.4 is 10.0 Å². The average molecular weight is 315 g/mol. The molecular formula is C14H13N5O2S. The predicted octanol–water partition coefficient (Wildman–Crippen LogP) is 2.14. The Bertz CT molecular complexity index is 913. The molecule has 3 heterocycles. The summed E-state index contributed by atoms with van der Waals surface area (Å²) in [6, 6.07) is 12.5. The fourth-order valence-electron chi connectivity index (χ4n) is 1.88. The van der Waals surface area contributed by atoms with Crippen LogP contribution in [0.4, 0.5) is 17.5 Å². The Hall–Kier alpha value is -2.74. The maximum atomic E-state index is 11.3. The summed E-state index contributed by atoms with van der Waals surface area (Å²) in [5.41, 5.74) is 0.439. The van der Waals surface area contributed by atoms with Crippen LogP contribution in [0.25, 0.3) is 11.0 Å². The van der Waals surface area contributed by atoms with Gasteiger partial charge < -0.3 is 5.32 Å². The number of aromatic nitrogens is 3. The highest BCUT2D eigenvalue weighted by Crippen LogP contribution is 2.18. The van der Waals surface area contributed by atoms with Crippen molar-refractivity contribution in [1.82, 2.24) is 15.0 Å². The first kappa shape index (κ1) is 14.2. The zero-order valence-electron chi connectivity index (χ0n) is 11.7. The Balaban J connectivity index is 1.94. The second-order valence-electron chi connectivity index (χ2n) is 4.65. The van der Waals surface area contributed by atoms with Crippen LogP contribution in [0.2, 0.25) is 0 Å². The van der Waals surface area contributed by atoms with E-state index in [0.29, 0.717) is 17.3 Å². The van der Waals surface area contributed by atoms with Gasteiger partial charge in [0.2, 0.25) is 10.0 Å². The van der Waals surface area contributed by atoms with Crippen LogP contribution in [-0.4, -0.2) is 29.6 Å². The number of sulfonamides is 1. The molecule has 0 aromatic carbocycles. The van der Waals surface area contributed by atoms with E-state index in [4.69, 9.17) is 0 Å². The molecule has 0 saturated heterocycles. The Kier molecular flexibility index (Phi) is 3.60. The molecule has 0 aliphatic heterocycles. The van der Waals surface area contributed by atoms with Crippen LogP contribution >= 0.6 is 0 Å². The molecule has 0 unspecified atom stereocenters. The third-order valence-electron chi connectivity index (χ3n) is 2.76. The normalized spacial score (nSPS) is 11.3. The summed E-state index contributed by atoms with van der Waals surface area (Å²) in [5, 5.41) is 3.87. The van der Waals surface area contributed by atoms with Crippen molar-refractivity contribution in [3.05, 3.63) is 48.7 Å². The molecular weight excluding hydrogens is 302 g/mol. The highest BCUT2D eigenvalue weighted by molar-refractivity contribution is 7.92. The lowest BCUT2D eigenvalue weighted by molar-refractivity contribution is 0.606. The number of nitrogens with one attached hydrogen (secondary N) is 2. The summed E-state index contributed by atoms with van der Waals surface area (Å²) >= 11 is 0. The number of pyridine rings is 3. The van der Waals surface area contributed by atoms with E-state index in [1.807, 2.05) is 30.3 Å². The van der Waals surface area contributed by atoms with E-state index in [1.165, 1.54) is 0 Å². The van der Waals surface area contributed by atoms with Crippen LogP contribution in [0.5, 0.6) is 0 Å². The number of anilines is 3. The molecule has 3 aromatic rings. The Labute approximate surface area is 127 Å². The molecule has 0 bridgehead atoms. The van der Waals surface area contributed by atoms with Gasteiger partial charge in [0, 0.05) is 11.6 Å². The smallest absolute Gasteiger partial charge is 0.230 e. The van der Waals surface area contributed by atoms with E-state index in [-0.39, 0.29) is 5.82 Å².